The van der Waals surface area contributed by atoms with E-state index >= 15 is 0 Å². The van der Waals surface area contributed by atoms with Crippen molar-refractivity contribution in [2.24, 2.45) is 0 Å². The van der Waals surface area contributed by atoms with E-state index in [4.69, 9.17) is 0 Å². The molecule has 0 aliphatic carbocycles. The summed E-state index contributed by atoms with van der Waals surface area (Å²) in [5, 5.41) is 12.0. The Kier molecular flexibility index (Phi) is 5.57. The summed E-state index contributed by atoms with van der Waals surface area (Å²) in [5.41, 5.74) is -0.537. The Morgan fingerprint density at radius 3 is 2.42 bits per heavy atom. The van der Waals surface area contributed by atoms with Gasteiger partial charge in [0, 0.05) is 0 Å². The highest BCUT2D eigenvalue weighted by Gasteiger charge is 2.36. The van der Waals surface area contributed by atoms with Gasteiger partial charge in [0.1, 0.15) is 5.75 Å². The van der Waals surface area contributed by atoms with E-state index < -0.39 is 39.1 Å². The van der Waals surface area contributed by atoms with E-state index in [-0.39, 0.29) is 11.4 Å². The molecule has 0 radical (unpaired) electrons. The van der Waals surface area contributed by atoms with E-state index in [1.165, 1.54) is 12.1 Å². The molecule has 0 aliphatic heterocycles. The molecule has 0 bridgehead atoms. The number of sulfonamides is 1. The van der Waals surface area contributed by atoms with E-state index in [0.29, 0.717) is 6.07 Å². The molecule has 140 valence electrons. The van der Waals surface area contributed by atoms with Crippen molar-refractivity contribution in [2.45, 2.75) is 18.0 Å². The first kappa shape index (κ1) is 19.7. The van der Waals surface area contributed by atoms with Gasteiger partial charge in [-0.3, -0.25) is 4.79 Å². The standard InChI is InChI=1S/C16H15F3N2O4S/c1-10-6-7-12(13(22)8-10)21-15(23)9-20-26(24,25)14-5-3-2-4-11(14)16(17,18)19/h2-8,20,22H,9H2,1H3,(H,21,23). The molecule has 0 saturated heterocycles. The number of aromatic hydroxyl groups is 1. The summed E-state index contributed by atoms with van der Waals surface area (Å²) in [5.74, 6) is -1.07. The van der Waals surface area contributed by atoms with Crippen LogP contribution >= 0.6 is 0 Å². The van der Waals surface area contributed by atoms with Crippen molar-refractivity contribution in [3.05, 3.63) is 53.6 Å². The first-order valence-electron chi connectivity index (χ1n) is 7.26. The number of amides is 1. The Balaban J connectivity index is 2.12. The number of anilines is 1. The molecule has 2 rings (SSSR count). The maximum Gasteiger partial charge on any atom is 0.417 e. The molecule has 2 aromatic carbocycles. The molecule has 2 aromatic rings. The lowest BCUT2D eigenvalue weighted by atomic mass is 10.2. The number of nitrogens with one attached hydrogen (secondary N) is 2. The van der Waals surface area contributed by atoms with Gasteiger partial charge in [-0.1, -0.05) is 18.2 Å². The van der Waals surface area contributed by atoms with Crippen LogP contribution in [-0.2, 0) is 21.0 Å². The van der Waals surface area contributed by atoms with Crippen LogP contribution in [0.5, 0.6) is 5.75 Å². The fourth-order valence-electron chi connectivity index (χ4n) is 2.12. The van der Waals surface area contributed by atoms with Crippen LogP contribution in [0.25, 0.3) is 0 Å². The van der Waals surface area contributed by atoms with Crippen LogP contribution < -0.4 is 10.0 Å². The van der Waals surface area contributed by atoms with E-state index in [9.17, 15) is 31.5 Å². The number of carbonyl (C=O) groups excluding carboxylic acids is 1. The van der Waals surface area contributed by atoms with Crippen LogP contribution in [0.1, 0.15) is 11.1 Å². The monoisotopic (exact) mass is 388 g/mol. The maximum absolute atomic E-state index is 12.9. The van der Waals surface area contributed by atoms with Gasteiger partial charge < -0.3 is 10.4 Å². The van der Waals surface area contributed by atoms with Crippen molar-refractivity contribution < 1.29 is 31.5 Å². The zero-order chi connectivity index (χ0) is 19.5. The number of rotatable bonds is 5. The lowest BCUT2D eigenvalue weighted by molar-refractivity contribution is -0.139. The summed E-state index contributed by atoms with van der Waals surface area (Å²) in [6.45, 7) is 0.916. The van der Waals surface area contributed by atoms with Crippen molar-refractivity contribution in [2.75, 3.05) is 11.9 Å². The summed E-state index contributed by atoms with van der Waals surface area (Å²) < 4.78 is 64.9. The largest absolute Gasteiger partial charge is 0.506 e. The zero-order valence-electron chi connectivity index (χ0n) is 13.5. The summed E-state index contributed by atoms with van der Waals surface area (Å²) in [7, 11) is -4.57. The van der Waals surface area contributed by atoms with Gasteiger partial charge in [-0.2, -0.15) is 13.2 Å². The van der Waals surface area contributed by atoms with Crippen molar-refractivity contribution in [1.29, 1.82) is 0 Å². The molecule has 6 nitrogen and oxygen atoms in total. The predicted molar refractivity (Wildman–Crippen MR) is 88.1 cm³/mol. The molecule has 0 aliphatic rings. The molecule has 26 heavy (non-hydrogen) atoms. The van der Waals surface area contributed by atoms with Gasteiger partial charge in [0.05, 0.1) is 22.7 Å². The van der Waals surface area contributed by atoms with Crippen molar-refractivity contribution in [3.8, 4) is 5.75 Å². The van der Waals surface area contributed by atoms with Crippen LogP contribution in [0.4, 0.5) is 18.9 Å². The van der Waals surface area contributed by atoms with Crippen LogP contribution in [-0.4, -0.2) is 26.0 Å². The molecule has 0 unspecified atom stereocenters. The van der Waals surface area contributed by atoms with Crippen molar-refractivity contribution in [1.82, 2.24) is 4.72 Å². The number of alkyl halides is 3. The topological polar surface area (TPSA) is 95.5 Å². The van der Waals surface area contributed by atoms with Crippen LogP contribution in [0.15, 0.2) is 47.4 Å². The van der Waals surface area contributed by atoms with Gasteiger partial charge in [-0.15, -0.1) is 0 Å². The fourth-order valence-corrected chi connectivity index (χ4v) is 3.32. The average molecular weight is 388 g/mol. The molecule has 0 heterocycles. The molecule has 3 N–H and O–H groups in total. The van der Waals surface area contributed by atoms with Crippen molar-refractivity contribution >= 4 is 21.6 Å². The second-order valence-electron chi connectivity index (χ2n) is 5.39. The second kappa shape index (κ2) is 7.34. The third-order valence-corrected chi connectivity index (χ3v) is 4.79. The highest BCUT2D eigenvalue weighted by Crippen LogP contribution is 2.33. The second-order valence-corrected chi connectivity index (χ2v) is 7.12. The quantitative estimate of drug-likeness (QED) is 0.686. The van der Waals surface area contributed by atoms with E-state index in [2.05, 4.69) is 5.32 Å². The van der Waals surface area contributed by atoms with Gasteiger partial charge >= 0.3 is 6.18 Å². The SMILES string of the molecule is Cc1ccc(NC(=O)CNS(=O)(=O)c2ccccc2C(F)(F)F)c(O)c1. The number of phenolic OH excluding ortho intramolecular Hbond substituents is 1. The number of halogens is 3. The molecule has 0 aromatic heterocycles. The lowest BCUT2D eigenvalue weighted by Gasteiger charge is -2.14. The normalized spacial score (nSPS) is 12.0. The summed E-state index contributed by atoms with van der Waals surface area (Å²) >= 11 is 0. The predicted octanol–water partition coefficient (Wildman–Crippen LogP) is 2.64. The highest BCUT2D eigenvalue weighted by molar-refractivity contribution is 7.89. The minimum atomic E-state index is -4.86. The third kappa shape index (κ3) is 4.73. The molecule has 0 fully saturated rings. The number of carbonyl (C=O) groups is 1. The Morgan fingerprint density at radius 2 is 1.81 bits per heavy atom. The number of hydrogen-bond acceptors (Lipinski definition) is 4. The minimum absolute atomic E-state index is 0.0514. The van der Waals surface area contributed by atoms with E-state index in [1.54, 1.807) is 13.0 Å². The lowest BCUT2D eigenvalue weighted by Crippen LogP contribution is -2.34. The average Bonchev–Trinajstić information content (AvgIpc) is 2.55. The Bertz CT molecular complexity index is 927. The van der Waals surface area contributed by atoms with Crippen molar-refractivity contribution in [3.63, 3.8) is 0 Å². The molecule has 10 heteroatoms. The molecule has 0 saturated carbocycles. The Morgan fingerprint density at radius 1 is 1.15 bits per heavy atom. The van der Waals surface area contributed by atoms with Gasteiger partial charge in [-0.25, -0.2) is 13.1 Å². The number of benzene rings is 2. The highest BCUT2D eigenvalue weighted by atomic mass is 32.2. The first-order valence-corrected chi connectivity index (χ1v) is 8.74. The smallest absolute Gasteiger partial charge is 0.417 e. The summed E-state index contributed by atoms with van der Waals surface area (Å²) in [4.78, 5) is 10.9. The van der Waals surface area contributed by atoms with E-state index in [0.717, 1.165) is 23.8 Å². The molecule has 0 spiro atoms. The number of aryl methyl sites for hydroxylation is 1. The van der Waals surface area contributed by atoms with Gasteiger partial charge in [0.2, 0.25) is 15.9 Å². The van der Waals surface area contributed by atoms with Gasteiger partial charge in [0.25, 0.3) is 0 Å². The van der Waals surface area contributed by atoms with Crippen LogP contribution in [0, 0.1) is 6.92 Å². The molecular weight excluding hydrogens is 373 g/mol. The zero-order valence-corrected chi connectivity index (χ0v) is 14.3. The Hall–Kier alpha value is -2.59. The van der Waals surface area contributed by atoms with Crippen LogP contribution in [0.3, 0.4) is 0 Å². The van der Waals surface area contributed by atoms with Gasteiger partial charge in [-0.05, 0) is 36.8 Å². The fraction of sp³-hybridized carbons (Fsp3) is 0.188. The third-order valence-electron chi connectivity index (χ3n) is 3.33. The molecular formula is C16H15F3N2O4S. The molecule has 1 amide bonds. The summed E-state index contributed by atoms with van der Waals surface area (Å²) in [6, 6.07) is 8.06. The summed E-state index contributed by atoms with van der Waals surface area (Å²) in [6.07, 6.45) is -4.86. The molecule has 0 atom stereocenters. The minimum Gasteiger partial charge on any atom is -0.506 e. The van der Waals surface area contributed by atoms with Gasteiger partial charge in [0.15, 0.2) is 0 Å². The first-order chi connectivity index (χ1) is 12.0. The number of hydrogen-bond donors (Lipinski definition) is 3. The maximum atomic E-state index is 12.9. The number of phenols is 1. The Labute approximate surface area is 147 Å². The van der Waals surface area contributed by atoms with E-state index in [1.807, 2.05) is 4.72 Å². The van der Waals surface area contributed by atoms with Crippen LogP contribution in [0.2, 0.25) is 0 Å².